The van der Waals surface area contributed by atoms with Crippen molar-refractivity contribution in [1.29, 1.82) is 0 Å². The summed E-state index contributed by atoms with van der Waals surface area (Å²) in [5, 5.41) is 22.1. The molecule has 7 nitrogen and oxygen atoms in total. The summed E-state index contributed by atoms with van der Waals surface area (Å²) in [6.45, 7) is 3.08. The molecule has 1 aromatic heterocycles. The number of amides is 1. The number of fused-ring (bicyclic) bond motifs is 1. The van der Waals surface area contributed by atoms with E-state index in [0.717, 1.165) is 0 Å². The number of carboxylic acids is 1. The molecule has 2 aromatic carbocycles. The van der Waals surface area contributed by atoms with Crippen LogP contribution in [-0.4, -0.2) is 39.1 Å². The van der Waals surface area contributed by atoms with Crippen molar-refractivity contribution >= 4 is 40.3 Å². The van der Waals surface area contributed by atoms with Crippen molar-refractivity contribution in [2.45, 2.75) is 20.3 Å². The van der Waals surface area contributed by atoms with Crippen molar-refractivity contribution in [2.24, 2.45) is 5.92 Å². The molecule has 0 saturated carbocycles. The number of carbonyl (C=O) groups excluding carboxylic acids is 2. The van der Waals surface area contributed by atoms with Crippen LogP contribution >= 0.6 is 11.6 Å². The number of benzene rings is 2. The van der Waals surface area contributed by atoms with Crippen molar-refractivity contribution in [3.8, 4) is 5.75 Å². The van der Waals surface area contributed by atoms with E-state index in [1.165, 1.54) is 47.9 Å². The fourth-order valence-corrected chi connectivity index (χ4v) is 3.43. The van der Waals surface area contributed by atoms with Gasteiger partial charge in [-0.05, 0) is 48.9 Å². The minimum Gasteiger partial charge on any atom is -0.506 e. The Morgan fingerprint density at radius 2 is 1.84 bits per heavy atom. The van der Waals surface area contributed by atoms with Gasteiger partial charge >= 0.3 is 5.97 Å². The predicted molar refractivity (Wildman–Crippen MR) is 113 cm³/mol. The third kappa shape index (κ3) is 4.54. The SMILES string of the molecule is Cc1c(CC(=O)NCC(C)C(=O)O)c2cc(O)c(Cl)cc2n1C(=O)c1ccc(F)cc1. The standard InChI is InChI=1S/C22H20ClFN2O5/c1-11(22(30)31)10-25-20(28)8-15-12(2)26(18-9-17(23)19(27)7-16(15)18)21(29)13-3-5-14(24)6-4-13/h3-7,9,11,27H,8,10H2,1-2H3,(H,25,28)(H,30,31). The van der Waals surface area contributed by atoms with Gasteiger partial charge in [-0.15, -0.1) is 0 Å². The van der Waals surface area contributed by atoms with Crippen LogP contribution in [0.15, 0.2) is 36.4 Å². The topological polar surface area (TPSA) is 109 Å². The maximum atomic E-state index is 13.3. The number of rotatable bonds is 6. The average Bonchev–Trinajstić information content (AvgIpc) is 2.97. The predicted octanol–water partition coefficient (Wildman–Crippen LogP) is 3.52. The summed E-state index contributed by atoms with van der Waals surface area (Å²) in [6.07, 6.45) is -0.139. The molecule has 3 aromatic rings. The molecule has 1 atom stereocenters. The summed E-state index contributed by atoms with van der Waals surface area (Å²) >= 11 is 6.05. The van der Waals surface area contributed by atoms with Crippen LogP contribution in [0.3, 0.4) is 0 Å². The summed E-state index contributed by atoms with van der Waals surface area (Å²) in [7, 11) is 0. The lowest BCUT2D eigenvalue weighted by Crippen LogP contribution is -2.32. The zero-order valence-corrected chi connectivity index (χ0v) is 17.5. The van der Waals surface area contributed by atoms with Gasteiger partial charge in [0.2, 0.25) is 5.91 Å². The third-order valence-electron chi connectivity index (χ3n) is 5.06. The number of carboxylic acid groups (broad SMARTS) is 1. The van der Waals surface area contributed by atoms with Gasteiger partial charge in [0.1, 0.15) is 11.6 Å². The van der Waals surface area contributed by atoms with Gasteiger partial charge in [-0.2, -0.15) is 0 Å². The molecule has 0 aliphatic heterocycles. The van der Waals surface area contributed by atoms with Crippen molar-refractivity contribution in [1.82, 2.24) is 9.88 Å². The molecular weight excluding hydrogens is 427 g/mol. The molecule has 162 valence electrons. The first-order valence-electron chi connectivity index (χ1n) is 9.42. The minimum absolute atomic E-state index is 0.0319. The van der Waals surface area contributed by atoms with Crippen molar-refractivity contribution < 1.29 is 29.0 Å². The Morgan fingerprint density at radius 3 is 2.45 bits per heavy atom. The van der Waals surface area contributed by atoms with Crippen LogP contribution in [-0.2, 0) is 16.0 Å². The minimum atomic E-state index is -1.03. The van der Waals surface area contributed by atoms with Crippen LogP contribution in [0.25, 0.3) is 10.9 Å². The lowest BCUT2D eigenvalue weighted by molar-refractivity contribution is -0.141. The van der Waals surface area contributed by atoms with Gasteiger partial charge in [-0.25, -0.2) is 4.39 Å². The number of phenolic OH excluding ortho intramolecular Hbond substituents is 1. The highest BCUT2D eigenvalue weighted by atomic mass is 35.5. The summed E-state index contributed by atoms with van der Waals surface area (Å²) in [6, 6.07) is 7.85. The number of phenols is 1. The third-order valence-corrected chi connectivity index (χ3v) is 5.36. The van der Waals surface area contributed by atoms with E-state index in [4.69, 9.17) is 16.7 Å². The number of hydrogen-bond acceptors (Lipinski definition) is 4. The van der Waals surface area contributed by atoms with Gasteiger partial charge in [-0.3, -0.25) is 19.0 Å². The smallest absolute Gasteiger partial charge is 0.308 e. The first-order chi connectivity index (χ1) is 14.6. The molecule has 0 saturated heterocycles. The van der Waals surface area contributed by atoms with Crippen molar-refractivity contribution in [3.63, 3.8) is 0 Å². The molecule has 31 heavy (non-hydrogen) atoms. The number of aromatic hydroxyl groups is 1. The molecular formula is C22H20ClFN2O5. The lowest BCUT2D eigenvalue weighted by atomic mass is 10.1. The Labute approximate surface area is 182 Å². The maximum absolute atomic E-state index is 13.3. The summed E-state index contributed by atoms with van der Waals surface area (Å²) in [5.41, 5.74) is 1.55. The van der Waals surface area contributed by atoms with E-state index < -0.39 is 29.5 Å². The summed E-state index contributed by atoms with van der Waals surface area (Å²) < 4.78 is 14.6. The second kappa shape index (κ2) is 8.77. The van der Waals surface area contributed by atoms with Gasteiger partial charge in [0.15, 0.2) is 0 Å². The first-order valence-corrected chi connectivity index (χ1v) is 9.80. The fourth-order valence-electron chi connectivity index (χ4n) is 3.27. The summed E-state index contributed by atoms with van der Waals surface area (Å²) in [5.74, 6) is -3.35. The van der Waals surface area contributed by atoms with E-state index >= 15 is 0 Å². The average molecular weight is 447 g/mol. The van der Waals surface area contributed by atoms with Crippen LogP contribution in [0, 0.1) is 18.7 Å². The second-order valence-electron chi connectivity index (χ2n) is 7.25. The highest BCUT2D eigenvalue weighted by Gasteiger charge is 2.23. The van der Waals surface area contributed by atoms with E-state index in [1.54, 1.807) is 6.92 Å². The highest BCUT2D eigenvalue weighted by molar-refractivity contribution is 6.33. The zero-order valence-electron chi connectivity index (χ0n) is 16.8. The van der Waals surface area contributed by atoms with Crippen LogP contribution in [0.2, 0.25) is 5.02 Å². The molecule has 1 amide bonds. The monoisotopic (exact) mass is 446 g/mol. The van der Waals surface area contributed by atoms with Crippen LogP contribution < -0.4 is 5.32 Å². The Bertz CT molecular complexity index is 1190. The lowest BCUT2D eigenvalue weighted by Gasteiger charge is -2.09. The van der Waals surface area contributed by atoms with Crippen LogP contribution in [0.5, 0.6) is 5.75 Å². The van der Waals surface area contributed by atoms with Gasteiger partial charge < -0.3 is 15.5 Å². The number of aromatic nitrogens is 1. The van der Waals surface area contributed by atoms with Crippen LogP contribution in [0.1, 0.15) is 28.5 Å². The van der Waals surface area contributed by atoms with Gasteiger partial charge in [0, 0.05) is 23.2 Å². The maximum Gasteiger partial charge on any atom is 0.308 e. The number of hydrogen-bond donors (Lipinski definition) is 3. The van der Waals surface area contributed by atoms with E-state index in [9.17, 15) is 23.9 Å². The Hall–Kier alpha value is -3.39. The molecule has 3 rings (SSSR count). The summed E-state index contributed by atoms with van der Waals surface area (Å²) in [4.78, 5) is 36.5. The van der Waals surface area contributed by atoms with Gasteiger partial charge in [0.05, 0.1) is 22.9 Å². The van der Waals surface area contributed by atoms with E-state index in [-0.39, 0.29) is 29.3 Å². The van der Waals surface area contributed by atoms with Crippen molar-refractivity contribution in [3.05, 3.63) is 64.1 Å². The molecule has 0 radical (unpaired) electrons. The first kappa shape index (κ1) is 22.3. The number of halogens is 2. The largest absolute Gasteiger partial charge is 0.506 e. The van der Waals surface area contributed by atoms with Gasteiger partial charge in [-0.1, -0.05) is 18.5 Å². The number of nitrogens with one attached hydrogen (secondary N) is 1. The molecule has 0 fully saturated rings. The Kier molecular flexibility index (Phi) is 6.31. The number of carbonyl (C=O) groups is 3. The number of nitrogens with zero attached hydrogens (tertiary/aromatic N) is 1. The molecule has 3 N–H and O–H groups in total. The molecule has 1 heterocycles. The zero-order chi connectivity index (χ0) is 22.9. The molecule has 9 heteroatoms. The second-order valence-corrected chi connectivity index (χ2v) is 7.66. The van der Waals surface area contributed by atoms with Crippen LogP contribution in [0.4, 0.5) is 4.39 Å². The van der Waals surface area contributed by atoms with E-state index in [2.05, 4.69) is 5.32 Å². The molecule has 1 unspecified atom stereocenters. The van der Waals surface area contributed by atoms with E-state index in [0.29, 0.717) is 22.2 Å². The molecule has 0 spiro atoms. The van der Waals surface area contributed by atoms with Gasteiger partial charge in [0.25, 0.3) is 5.91 Å². The Balaban J connectivity index is 2.04. The fraction of sp³-hybridized carbons (Fsp3) is 0.227. The molecule has 0 aliphatic rings. The normalized spacial score (nSPS) is 12.0. The highest BCUT2D eigenvalue weighted by Crippen LogP contribution is 2.35. The molecule has 0 aliphatic carbocycles. The van der Waals surface area contributed by atoms with E-state index in [1.807, 2.05) is 0 Å². The Morgan fingerprint density at radius 1 is 1.19 bits per heavy atom. The number of aliphatic carboxylic acids is 1. The van der Waals surface area contributed by atoms with Crippen molar-refractivity contribution in [2.75, 3.05) is 6.54 Å². The molecule has 0 bridgehead atoms. The quantitative estimate of drug-likeness (QED) is 0.537.